The molecule has 92 valence electrons. The summed E-state index contributed by atoms with van der Waals surface area (Å²) in [5.74, 6) is 0.00246. The van der Waals surface area contributed by atoms with Crippen LogP contribution in [0.4, 0.5) is 5.69 Å². The van der Waals surface area contributed by atoms with Crippen molar-refractivity contribution in [2.24, 2.45) is 0 Å². The van der Waals surface area contributed by atoms with Gasteiger partial charge in [0.15, 0.2) is 0 Å². The molecular weight excluding hydrogens is 214 g/mol. The topological polar surface area (TPSA) is 49.3 Å². The highest BCUT2D eigenvalue weighted by molar-refractivity contribution is 6.06. The highest BCUT2D eigenvalue weighted by Gasteiger charge is 2.40. The number of aryl methyl sites for hydroxylation is 1. The van der Waals surface area contributed by atoms with Gasteiger partial charge in [-0.05, 0) is 32.8 Å². The molecule has 0 saturated heterocycles. The summed E-state index contributed by atoms with van der Waals surface area (Å²) in [4.78, 5) is 11.9. The number of carbonyl (C=O) groups excluding carboxylic acids is 1. The fourth-order valence-electron chi connectivity index (χ4n) is 2.32. The van der Waals surface area contributed by atoms with Crippen molar-refractivity contribution in [1.82, 2.24) is 0 Å². The molecule has 0 saturated carbocycles. The maximum Gasteiger partial charge on any atom is 0.234 e. The molecule has 0 bridgehead atoms. The summed E-state index contributed by atoms with van der Waals surface area (Å²) in [7, 11) is 0. The van der Waals surface area contributed by atoms with Crippen LogP contribution in [0.25, 0.3) is 0 Å². The Hall–Kier alpha value is -1.35. The lowest BCUT2D eigenvalue weighted by Gasteiger charge is -2.18. The van der Waals surface area contributed by atoms with E-state index in [1.54, 1.807) is 0 Å². The van der Waals surface area contributed by atoms with E-state index in [1.807, 2.05) is 39.8 Å². The lowest BCUT2D eigenvalue weighted by atomic mass is 9.84. The van der Waals surface area contributed by atoms with E-state index in [2.05, 4.69) is 5.32 Å². The molecule has 2 N–H and O–H groups in total. The fraction of sp³-hybridized carbons (Fsp3) is 0.500. The second-order valence-corrected chi connectivity index (χ2v) is 5.28. The maximum absolute atomic E-state index is 11.9. The van der Waals surface area contributed by atoms with Crippen LogP contribution in [0.2, 0.25) is 0 Å². The SMILES string of the molecule is CCC(O)c1cc(C)cc2c1NC(=O)C2(C)C. The standard InChI is InChI=1S/C14H19NO2/c1-5-11(16)9-6-8(2)7-10-12(9)15-13(17)14(10,3)4/h6-7,11,16H,5H2,1-4H3,(H,15,17). The van der Waals surface area contributed by atoms with E-state index in [4.69, 9.17) is 0 Å². The van der Waals surface area contributed by atoms with Crippen molar-refractivity contribution >= 4 is 11.6 Å². The summed E-state index contributed by atoms with van der Waals surface area (Å²) < 4.78 is 0. The monoisotopic (exact) mass is 233 g/mol. The number of aliphatic hydroxyl groups excluding tert-OH is 1. The molecule has 1 aliphatic rings. The second kappa shape index (κ2) is 3.84. The van der Waals surface area contributed by atoms with Crippen LogP contribution in [0, 0.1) is 6.92 Å². The number of aliphatic hydroxyl groups is 1. The van der Waals surface area contributed by atoms with Crippen molar-refractivity contribution in [1.29, 1.82) is 0 Å². The third-order valence-corrected chi connectivity index (χ3v) is 3.54. The quantitative estimate of drug-likeness (QED) is 0.825. The minimum Gasteiger partial charge on any atom is -0.388 e. The maximum atomic E-state index is 11.9. The van der Waals surface area contributed by atoms with Gasteiger partial charge in [0, 0.05) is 5.56 Å². The Balaban J connectivity index is 2.64. The van der Waals surface area contributed by atoms with Crippen molar-refractivity contribution in [3.63, 3.8) is 0 Å². The minimum absolute atomic E-state index is 0.00246. The Morgan fingerprint density at radius 3 is 2.65 bits per heavy atom. The second-order valence-electron chi connectivity index (χ2n) is 5.28. The van der Waals surface area contributed by atoms with E-state index in [1.165, 1.54) is 0 Å². The minimum atomic E-state index is -0.516. The van der Waals surface area contributed by atoms with Gasteiger partial charge in [0.2, 0.25) is 5.91 Å². The molecule has 3 nitrogen and oxygen atoms in total. The normalized spacial score (nSPS) is 18.8. The Kier molecular flexibility index (Phi) is 2.74. The van der Waals surface area contributed by atoms with E-state index in [9.17, 15) is 9.90 Å². The first-order valence-corrected chi connectivity index (χ1v) is 6.02. The van der Waals surface area contributed by atoms with Crippen LogP contribution in [-0.2, 0) is 10.2 Å². The Morgan fingerprint density at radius 1 is 1.41 bits per heavy atom. The van der Waals surface area contributed by atoms with Gasteiger partial charge in [-0.15, -0.1) is 0 Å². The predicted molar refractivity (Wildman–Crippen MR) is 68.1 cm³/mol. The van der Waals surface area contributed by atoms with Crippen molar-refractivity contribution < 1.29 is 9.90 Å². The molecule has 0 aromatic heterocycles. The average Bonchev–Trinajstić information content (AvgIpc) is 2.50. The molecule has 1 amide bonds. The van der Waals surface area contributed by atoms with E-state index < -0.39 is 11.5 Å². The molecule has 1 unspecified atom stereocenters. The number of hydrogen-bond donors (Lipinski definition) is 2. The van der Waals surface area contributed by atoms with Gasteiger partial charge in [-0.3, -0.25) is 4.79 Å². The molecule has 0 aliphatic carbocycles. The first-order chi connectivity index (χ1) is 7.87. The number of anilines is 1. The van der Waals surface area contributed by atoms with Crippen LogP contribution < -0.4 is 5.32 Å². The summed E-state index contributed by atoms with van der Waals surface area (Å²) >= 11 is 0. The molecule has 2 rings (SSSR count). The lowest BCUT2D eigenvalue weighted by Crippen LogP contribution is -2.26. The number of rotatable bonds is 2. The molecule has 1 heterocycles. The van der Waals surface area contributed by atoms with E-state index in [0.29, 0.717) is 6.42 Å². The Labute approximate surface area is 102 Å². The third-order valence-electron chi connectivity index (χ3n) is 3.54. The van der Waals surface area contributed by atoms with Gasteiger partial charge >= 0.3 is 0 Å². The van der Waals surface area contributed by atoms with Gasteiger partial charge in [-0.25, -0.2) is 0 Å². The van der Waals surface area contributed by atoms with Crippen molar-refractivity contribution in [3.8, 4) is 0 Å². The summed E-state index contributed by atoms with van der Waals surface area (Å²) in [5, 5.41) is 12.9. The highest BCUT2D eigenvalue weighted by Crippen LogP contribution is 2.42. The van der Waals surface area contributed by atoms with E-state index in [-0.39, 0.29) is 5.91 Å². The van der Waals surface area contributed by atoms with Gasteiger partial charge in [0.1, 0.15) is 0 Å². The van der Waals surface area contributed by atoms with Crippen molar-refractivity contribution in [3.05, 3.63) is 28.8 Å². The van der Waals surface area contributed by atoms with Gasteiger partial charge < -0.3 is 10.4 Å². The van der Waals surface area contributed by atoms with Crippen LogP contribution in [0.15, 0.2) is 12.1 Å². The first-order valence-electron chi connectivity index (χ1n) is 6.02. The zero-order valence-electron chi connectivity index (χ0n) is 10.8. The number of carbonyl (C=O) groups is 1. The third kappa shape index (κ3) is 1.75. The Morgan fingerprint density at radius 2 is 2.06 bits per heavy atom. The summed E-state index contributed by atoms with van der Waals surface area (Å²) in [6, 6.07) is 3.98. The zero-order chi connectivity index (χ0) is 12.8. The van der Waals surface area contributed by atoms with Gasteiger partial charge in [-0.2, -0.15) is 0 Å². The number of nitrogens with one attached hydrogen (secondary N) is 1. The molecule has 17 heavy (non-hydrogen) atoms. The van der Waals surface area contributed by atoms with Gasteiger partial charge in [-0.1, -0.05) is 24.6 Å². The molecule has 0 radical (unpaired) electrons. The lowest BCUT2D eigenvalue weighted by molar-refractivity contribution is -0.119. The molecular formula is C14H19NO2. The van der Waals surface area contributed by atoms with Gasteiger partial charge in [0.05, 0.1) is 17.2 Å². The average molecular weight is 233 g/mol. The summed E-state index contributed by atoms with van der Waals surface area (Å²) in [6.45, 7) is 7.75. The van der Waals surface area contributed by atoms with E-state index in [0.717, 1.165) is 22.4 Å². The number of hydrogen-bond acceptors (Lipinski definition) is 2. The largest absolute Gasteiger partial charge is 0.388 e. The van der Waals surface area contributed by atoms with Crippen LogP contribution in [0.3, 0.4) is 0 Å². The molecule has 1 atom stereocenters. The smallest absolute Gasteiger partial charge is 0.234 e. The van der Waals surface area contributed by atoms with Crippen molar-refractivity contribution in [2.75, 3.05) is 5.32 Å². The predicted octanol–water partition coefficient (Wildman–Crippen LogP) is 2.67. The molecule has 3 heteroatoms. The van der Waals surface area contributed by atoms with Crippen LogP contribution in [0.1, 0.15) is 50.0 Å². The fourth-order valence-corrected chi connectivity index (χ4v) is 2.32. The number of fused-ring (bicyclic) bond motifs is 1. The van der Waals surface area contributed by atoms with E-state index >= 15 is 0 Å². The zero-order valence-corrected chi connectivity index (χ0v) is 10.8. The van der Waals surface area contributed by atoms with Crippen LogP contribution >= 0.6 is 0 Å². The summed E-state index contributed by atoms with van der Waals surface area (Å²) in [5.41, 5.74) is 3.20. The number of benzene rings is 1. The van der Waals surface area contributed by atoms with Crippen molar-refractivity contribution in [2.45, 2.75) is 45.6 Å². The molecule has 0 fully saturated rings. The molecule has 1 aromatic carbocycles. The molecule has 1 aliphatic heterocycles. The Bertz CT molecular complexity index is 477. The first kappa shape index (κ1) is 12.1. The molecule has 0 spiro atoms. The van der Waals surface area contributed by atoms with Gasteiger partial charge in [0.25, 0.3) is 0 Å². The number of amides is 1. The van der Waals surface area contributed by atoms with Crippen LogP contribution in [-0.4, -0.2) is 11.0 Å². The molecule has 1 aromatic rings. The van der Waals surface area contributed by atoms with Crippen LogP contribution in [0.5, 0.6) is 0 Å². The summed E-state index contributed by atoms with van der Waals surface area (Å²) in [6.07, 6.45) is 0.129. The highest BCUT2D eigenvalue weighted by atomic mass is 16.3.